The van der Waals surface area contributed by atoms with E-state index in [2.05, 4.69) is 48.0 Å². The van der Waals surface area contributed by atoms with Crippen molar-refractivity contribution in [2.75, 3.05) is 13.2 Å². The van der Waals surface area contributed by atoms with Crippen molar-refractivity contribution < 1.29 is 9.53 Å². The van der Waals surface area contributed by atoms with Gasteiger partial charge in [-0.2, -0.15) is 0 Å². The summed E-state index contributed by atoms with van der Waals surface area (Å²) in [4.78, 5) is 17.8. The molecule has 0 unspecified atom stereocenters. The standard InChI is InChI=1S/C26H29N3O2S/c1-19-11-12-23(20(2)18-19)31-16-6-5-15-29-22-9-4-3-8-21(22)28-25(29)13-14-27-26(30)24-10-7-17-32-24/h3-4,7-12,17-18H,5-6,13-16H2,1-2H3,(H,27,30). The number of fused-ring (bicyclic) bond motifs is 1. The van der Waals surface area contributed by atoms with Crippen LogP contribution in [0.25, 0.3) is 11.0 Å². The Balaban J connectivity index is 1.33. The van der Waals surface area contributed by atoms with Crippen LogP contribution in [-0.2, 0) is 13.0 Å². The second-order valence-corrected chi connectivity index (χ2v) is 8.92. The Morgan fingerprint density at radius 3 is 2.78 bits per heavy atom. The number of unbranched alkanes of at least 4 members (excludes halogenated alkanes) is 1. The molecule has 0 fully saturated rings. The number of nitrogens with one attached hydrogen (secondary N) is 1. The number of carbonyl (C=O) groups is 1. The molecular formula is C26H29N3O2S. The fourth-order valence-electron chi connectivity index (χ4n) is 3.86. The lowest BCUT2D eigenvalue weighted by Gasteiger charge is -2.12. The van der Waals surface area contributed by atoms with Crippen molar-refractivity contribution in [3.05, 3.63) is 81.8 Å². The van der Waals surface area contributed by atoms with Crippen LogP contribution in [0, 0.1) is 13.8 Å². The van der Waals surface area contributed by atoms with Crippen LogP contribution in [0.1, 0.15) is 39.5 Å². The predicted octanol–water partition coefficient (Wildman–Crippen LogP) is 5.55. The number of amides is 1. The first-order chi connectivity index (χ1) is 15.6. The zero-order chi connectivity index (χ0) is 22.3. The summed E-state index contributed by atoms with van der Waals surface area (Å²) in [6.45, 7) is 6.32. The topological polar surface area (TPSA) is 56.1 Å². The van der Waals surface area contributed by atoms with Gasteiger partial charge in [-0.05, 0) is 61.9 Å². The summed E-state index contributed by atoms with van der Waals surface area (Å²) < 4.78 is 8.27. The second kappa shape index (κ2) is 10.5. The average molecular weight is 448 g/mol. The molecule has 0 radical (unpaired) electrons. The van der Waals surface area contributed by atoms with Gasteiger partial charge in [0.05, 0.1) is 22.5 Å². The lowest BCUT2D eigenvalue weighted by molar-refractivity contribution is 0.0958. The lowest BCUT2D eigenvalue weighted by atomic mass is 10.1. The molecule has 0 spiro atoms. The number of carbonyl (C=O) groups excluding carboxylic acids is 1. The number of aryl methyl sites for hydroxylation is 3. The van der Waals surface area contributed by atoms with Crippen molar-refractivity contribution in [3.8, 4) is 5.75 Å². The summed E-state index contributed by atoms with van der Waals surface area (Å²) >= 11 is 1.46. The maximum absolute atomic E-state index is 12.2. The first-order valence-electron chi connectivity index (χ1n) is 11.1. The van der Waals surface area contributed by atoms with Crippen LogP contribution >= 0.6 is 11.3 Å². The maximum Gasteiger partial charge on any atom is 0.261 e. The van der Waals surface area contributed by atoms with E-state index in [1.54, 1.807) is 0 Å². The molecule has 0 saturated carbocycles. The third-order valence-electron chi connectivity index (χ3n) is 5.48. The third-order valence-corrected chi connectivity index (χ3v) is 6.35. The van der Waals surface area contributed by atoms with Crippen LogP contribution < -0.4 is 10.1 Å². The van der Waals surface area contributed by atoms with E-state index in [4.69, 9.17) is 9.72 Å². The monoisotopic (exact) mass is 447 g/mol. The van der Waals surface area contributed by atoms with E-state index in [1.165, 1.54) is 22.5 Å². The summed E-state index contributed by atoms with van der Waals surface area (Å²) in [5, 5.41) is 4.92. The molecule has 1 N–H and O–H groups in total. The smallest absolute Gasteiger partial charge is 0.261 e. The van der Waals surface area contributed by atoms with Gasteiger partial charge in [-0.15, -0.1) is 11.3 Å². The Hall–Kier alpha value is -3.12. The van der Waals surface area contributed by atoms with Crippen LogP contribution in [0.2, 0.25) is 0 Å². The quantitative estimate of drug-likeness (QED) is 0.325. The van der Waals surface area contributed by atoms with Crippen molar-refractivity contribution in [3.63, 3.8) is 0 Å². The van der Waals surface area contributed by atoms with Gasteiger partial charge in [-0.1, -0.05) is 35.9 Å². The number of thiophene rings is 1. The van der Waals surface area contributed by atoms with Gasteiger partial charge in [-0.3, -0.25) is 4.79 Å². The van der Waals surface area contributed by atoms with E-state index >= 15 is 0 Å². The Bertz CT molecular complexity index is 1180. The van der Waals surface area contributed by atoms with E-state index in [0.29, 0.717) is 19.6 Å². The summed E-state index contributed by atoms with van der Waals surface area (Å²) in [5.41, 5.74) is 4.57. The molecule has 4 rings (SSSR count). The highest BCUT2D eigenvalue weighted by Gasteiger charge is 2.12. The molecule has 6 heteroatoms. The number of rotatable bonds is 10. The van der Waals surface area contributed by atoms with Gasteiger partial charge in [0.15, 0.2) is 0 Å². The zero-order valence-electron chi connectivity index (χ0n) is 18.6. The molecule has 2 aromatic carbocycles. The highest BCUT2D eigenvalue weighted by Crippen LogP contribution is 2.20. The Labute approximate surface area is 193 Å². The van der Waals surface area contributed by atoms with Crippen molar-refractivity contribution >= 4 is 28.3 Å². The van der Waals surface area contributed by atoms with Crippen LogP contribution in [0.4, 0.5) is 0 Å². The molecule has 0 aliphatic heterocycles. The van der Waals surface area contributed by atoms with Gasteiger partial charge in [-0.25, -0.2) is 4.98 Å². The zero-order valence-corrected chi connectivity index (χ0v) is 19.5. The van der Waals surface area contributed by atoms with Crippen LogP contribution in [0.3, 0.4) is 0 Å². The van der Waals surface area contributed by atoms with Crippen molar-refractivity contribution in [1.82, 2.24) is 14.9 Å². The lowest BCUT2D eigenvalue weighted by Crippen LogP contribution is -2.25. The van der Waals surface area contributed by atoms with Gasteiger partial charge < -0.3 is 14.6 Å². The third kappa shape index (κ3) is 5.37. The molecule has 0 atom stereocenters. The summed E-state index contributed by atoms with van der Waals surface area (Å²) in [5.74, 6) is 1.95. The molecule has 2 heterocycles. The summed E-state index contributed by atoms with van der Waals surface area (Å²) in [6.07, 6.45) is 2.67. The molecule has 5 nitrogen and oxygen atoms in total. The Morgan fingerprint density at radius 2 is 1.97 bits per heavy atom. The molecule has 2 aromatic heterocycles. The summed E-state index contributed by atoms with van der Waals surface area (Å²) in [6, 6.07) is 18.2. The molecule has 0 aliphatic rings. The van der Waals surface area contributed by atoms with E-state index in [0.717, 1.165) is 46.9 Å². The molecule has 0 aliphatic carbocycles. The molecule has 1 amide bonds. The molecule has 0 bridgehead atoms. The van der Waals surface area contributed by atoms with Crippen LogP contribution in [0.5, 0.6) is 5.75 Å². The highest BCUT2D eigenvalue weighted by molar-refractivity contribution is 7.12. The number of aromatic nitrogens is 2. The maximum atomic E-state index is 12.2. The Morgan fingerprint density at radius 1 is 1.09 bits per heavy atom. The van der Waals surface area contributed by atoms with Crippen molar-refractivity contribution in [1.29, 1.82) is 0 Å². The molecule has 166 valence electrons. The van der Waals surface area contributed by atoms with Crippen LogP contribution in [-0.4, -0.2) is 28.6 Å². The van der Waals surface area contributed by atoms with Gasteiger partial charge >= 0.3 is 0 Å². The number of nitrogens with zero attached hydrogens (tertiary/aromatic N) is 2. The summed E-state index contributed by atoms with van der Waals surface area (Å²) in [7, 11) is 0. The number of hydrogen-bond acceptors (Lipinski definition) is 4. The fourth-order valence-corrected chi connectivity index (χ4v) is 4.50. The number of para-hydroxylation sites is 2. The number of imidazole rings is 1. The normalized spacial score (nSPS) is 11.1. The molecule has 4 aromatic rings. The second-order valence-electron chi connectivity index (χ2n) is 7.98. The van der Waals surface area contributed by atoms with Crippen LogP contribution in [0.15, 0.2) is 60.0 Å². The minimum Gasteiger partial charge on any atom is -0.493 e. The minimum absolute atomic E-state index is 0.0220. The molecular weight excluding hydrogens is 418 g/mol. The van der Waals surface area contributed by atoms with Crippen molar-refractivity contribution in [2.45, 2.75) is 39.7 Å². The van der Waals surface area contributed by atoms with E-state index in [-0.39, 0.29) is 5.91 Å². The van der Waals surface area contributed by atoms with Gasteiger partial charge in [0.2, 0.25) is 0 Å². The van der Waals surface area contributed by atoms with Gasteiger partial charge in [0.1, 0.15) is 11.6 Å². The Kier molecular flexibility index (Phi) is 7.22. The van der Waals surface area contributed by atoms with Crippen molar-refractivity contribution in [2.24, 2.45) is 0 Å². The first kappa shape index (κ1) is 22.1. The fraction of sp³-hybridized carbons (Fsp3) is 0.308. The largest absolute Gasteiger partial charge is 0.493 e. The minimum atomic E-state index is -0.0220. The predicted molar refractivity (Wildman–Crippen MR) is 131 cm³/mol. The molecule has 32 heavy (non-hydrogen) atoms. The van der Waals surface area contributed by atoms with E-state index in [9.17, 15) is 4.79 Å². The van der Waals surface area contributed by atoms with E-state index in [1.807, 2.05) is 35.7 Å². The number of benzene rings is 2. The average Bonchev–Trinajstić information content (AvgIpc) is 3.43. The van der Waals surface area contributed by atoms with E-state index < -0.39 is 0 Å². The van der Waals surface area contributed by atoms with Gasteiger partial charge in [0.25, 0.3) is 5.91 Å². The van der Waals surface area contributed by atoms with Gasteiger partial charge in [0, 0.05) is 19.5 Å². The highest BCUT2D eigenvalue weighted by atomic mass is 32.1. The SMILES string of the molecule is Cc1ccc(OCCCCn2c(CCNC(=O)c3cccs3)nc3ccccc32)c(C)c1. The first-order valence-corrected chi connectivity index (χ1v) is 12.0. The number of hydrogen-bond donors (Lipinski definition) is 1. The molecule has 0 saturated heterocycles. The number of ether oxygens (including phenoxy) is 1.